The van der Waals surface area contributed by atoms with Crippen molar-refractivity contribution in [3.63, 3.8) is 0 Å². The number of benzene rings is 1. The van der Waals surface area contributed by atoms with Crippen molar-refractivity contribution in [2.24, 2.45) is 0 Å². The fraction of sp³-hybridized carbons (Fsp3) is 0.405. The fourth-order valence-electron chi connectivity index (χ4n) is 6.98. The number of hydrogen-bond acceptors (Lipinski definition) is 8. The summed E-state index contributed by atoms with van der Waals surface area (Å²) < 4.78 is 26.0. The molecule has 0 fully saturated rings. The average Bonchev–Trinajstić information content (AvgIpc) is 3.82. The number of hydrogen-bond donors (Lipinski definition) is 0. The van der Waals surface area contributed by atoms with Crippen molar-refractivity contribution in [2.45, 2.75) is 71.4 Å². The van der Waals surface area contributed by atoms with Crippen LogP contribution in [0.1, 0.15) is 29.0 Å². The van der Waals surface area contributed by atoms with E-state index in [1.165, 1.54) is 9.75 Å². The highest BCUT2D eigenvalue weighted by Crippen LogP contribution is 2.45. The third-order valence-electron chi connectivity index (χ3n) is 9.14. The highest BCUT2D eigenvalue weighted by Gasteiger charge is 2.25. The van der Waals surface area contributed by atoms with Crippen LogP contribution in [0.25, 0.3) is 62.4 Å². The maximum Gasteiger partial charge on any atom is 0.263 e. The van der Waals surface area contributed by atoms with Gasteiger partial charge in [0.25, 0.3) is 11.1 Å². The molecule has 8 rings (SSSR count). The Labute approximate surface area is 298 Å². The summed E-state index contributed by atoms with van der Waals surface area (Å²) in [6, 6.07) is 12.5. The van der Waals surface area contributed by atoms with E-state index < -0.39 is 16.6 Å². The van der Waals surface area contributed by atoms with Crippen LogP contribution in [0.3, 0.4) is 0 Å². The van der Waals surface area contributed by atoms with Gasteiger partial charge in [-0.15, -0.1) is 34.0 Å². The highest BCUT2D eigenvalue weighted by molar-refractivity contribution is 7.28. The number of thiophene rings is 3. The third-order valence-corrected chi connectivity index (χ3v) is 14.8. The smallest absolute Gasteiger partial charge is 0.263 e. The molecule has 0 atom stereocenters. The molecule has 7 nitrogen and oxygen atoms in total. The van der Waals surface area contributed by atoms with Crippen LogP contribution in [-0.2, 0) is 26.4 Å². The van der Waals surface area contributed by atoms with Crippen molar-refractivity contribution in [1.29, 1.82) is 0 Å². The zero-order valence-electron chi connectivity index (χ0n) is 29.0. The molecule has 0 saturated carbocycles. The number of unbranched alkanes of at least 4 members (excludes halogenated alkanes) is 2. The van der Waals surface area contributed by atoms with Gasteiger partial charge >= 0.3 is 0 Å². The first-order valence-corrected chi connectivity index (χ1v) is 26.5. The Morgan fingerprint density at radius 3 is 1.65 bits per heavy atom. The largest absolute Gasteiger partial charge is 0.418 e. The first-order chi connectivity index (χ1) is 23.4. The molecule has 12 heteroatoms. The van der Waals surface area contributed by atoms with Gasteiger partial charge in [-0.1, -0.05) is 6.42 Å². The first-order valence-electron chi connectivity index (χ1n) is 17.2. The second-order valence-electron chi connectivity index (χ2n) is 15.0. The quantitative estimate of drug-likeness (QED) is 0.0630. The van der Waals surface area contributed by atoms with Crippen molar-refractivity contribution in [3.05, 3.63) is 66.9 Å². The second kappa shape index (κ2) is 12.5. The molecule has 256 valence electrons. The molecule has 0 bridgehead atoms. The first kappa shape index (κ1) is 33.5. The molecule has 7 heterocycles. The van der Waals surface area contributed by atoms with Crippen LogP contribution in [0.5, 0.6) is 0 Å². The zero-order chi connectivity index (χ0) is 34.2. The number of aryl methyl sites for hydroxylation is 1. The molecule has 1 aromatic carbocycles. The predicted octanol–water partition coefficient (Wildman–Crippen LogP) is 9.71. The van der Waals surface area contributed by atoms with E-state index >= 15 is 0 Å². The topological polar surface area (TPSA) is 70.7 Å². The molecule has 0 spiro atoms. The summed E-state index contributed by atoms with van der Waals surface area (Å²) in [4.78, 5) is 30.8. The van der Waals surface area contributed by atoms with Crippen LogP contribution in [0, 0.1) is 0 Å². The number of rotatable bonds is 14. The van der Waals surface area contributed by atoms with Gasteiger partial charge in [-0.05, 0) is 94.9 Å². The van der Waals surface area contributed by atoms with Crippen LogP contribution >= 0.6 is 34.0 Å². The molecule has 0 unspecified atom stereocenters. The van der Waals surface area contributed by atoms with Crippen molar-refractivity contribution in [3.8, 4) is 0 Å². The minimum atomic E-state index is -1.53. The lowest BCUT2D eigenvalue weighted by Gasteiger charge is -2.16. The maximum atomic E-state index is 14.1. The Bertz CT molecular complexity index is 2420. The van der Waals surface area contributed by atoms with Crippen molar-refractivity contribution in [1.82, 2.24) is 8.80 Å². The van der Waals surface area contributed by atoms with Crippen LogP contribution in [0.4, 0.5) is 0 Å². The summed E-state index contributed by atoms with van der Waals surface area (Å²) >= 11 is 5.24. The van der Waals surface area contributed by atoms with E-state index in [1.807, 2.05) is 20.9 Å². The Morgan fingerprint density at radius 2 is 1.10 bits per heavy atom. The van der Waals surface area contributed by atoms with Crippen molar-refractivity contribution < 1.29 is 13.6 Å². The molecule has 0 amide bonds. The second-order valence-corrected chi connectivity index (χ2v) is 27.4. The molecule has 49 heavy (non-hydrogen) atoms. The van der Waals surface area contributed by atoms with Gasteiger partial charge in [0, 0.05) is 44.3 Å². The summed E-state index contributed by atoms with van der Waals surface area (Å²) in [5, 5.41) is 3.22. The van der Waals surface area contributed by atoms with E-state index in [0.29, 0.717) is 30.6 Å². The molecule has 0 aliphatic carbocycles. The predicted molar refractivity (Wildman–Crippen MR) is 215 cm³/mol. The number of aromatic nitrogens is 2. The third kappa shape index (κ3) is 6.07. The van der Waals surface area contributed by atoms with E-state index in [1.54, 1.807) is 34.0 Å². The Morgan fingerprint density at radius 1 is 0.571 bits per heavy atom. The van der Waals surface area contributed by atoms with Gasteiger partial charge in [0.15, 0.2) is 16.6 Å². The van der Waals surface area contributed by atoms with Gasteiger partial charge < -0.3 is 13.6 Å². The van der Waals surface area contributed by atoms with Gasteiger partial charge in [-0.25, -0.2) is 0 Å². The summed E-state index contributed by atoms with van der Waals surface area (Å²) in [5.74, 6) is 0. The van der Waals surface area contributed by atoms with Crippen molar-refractivity contribution >= 4 is 113 Å². The van der Waals surface area contributed by atoms with Gasteiger partial charge in [0.2, 0.25) is 0 Å². The minimum Gasteiger partial charge on any atom is -0.418 e. The lowest BCUT2D eigenvalue weighted by atomic mass is 10.0. The van der Waals surface area contributed by atoms with Crippen LogP contribution in [-0.4, -0.2) is 51.9 Å². The van der Waals surface area contributed by atoms with E-state index in [-0.39, 0.29) is 11.1 Å². The lowest BCUT2D eigenvalue weighted by molar-refractivity contribution is 0.100. The number of ether oxygens (including phenoxy) is 1. The monoisotopic (exact) mass is 746 g/mol. The molecule has 8 aromatic rings. The molecular formula is C37H42N2O5S3Si2. The molecule has 0 aliphatic heterocycles. The molecule has 7 aromatic heterocycles. The molecule has 0 saturated heterocycles. The van der Waals surface area contributed by atoms with Crippen molar-refractivity contribution in [2.75, 3.05) is 26.4 Å². The summed E-state index contributed by atoms with van der Waals surface area (Å²) in [5.41, 5.74) is 3.79. The SMILES string of the molecule is C[Si](C)(C)OCCCCCc1cc2c(cc3c4sc5c6c(ccc(c(=O)n23)c46)c(=O)n2c3cc(CCOCCO[Si](C)(C)C)sc3cc52)s1. The Balaban J connectivity index is 1.11. The zero-order valence-corrected chi connectivity index (χ0v) is 33.4. The van der Waals surface area contributed by atoms with Gasteiger partial charge in [0.05, 0.1) is 60.7 Å². The normalized spacial score (nSPS) is 13.4. The number of fused-ring (bicyclic) bond motifs is 8. The summed E-state index contributed by atoms with van der Waals surface area (Å²) in [6.07, 6.45) is 5.17. The summed E-state index contributed by atoms with van der Waals surface area (Å²) in [7, 11) is -2.98. The molecule has 0 radical (unpaired) electrons. The van der Waals surface area contributed by atoms with E-state index in [2.05, 4.69) is 63.5 Å². The van der Waals surface area contributed by atoms with Crippen LogP contribution in [0.15, 0.2) is 46.0 Å². The molecule has 0 N–H and O–H groups in total. The lowest BCUT2D eigenvalue weighted by Crippen LogP contribution is -2.27. The maximum absolute atomic E-state index is 14.1. The minimum absolute atomic E-state index is 0.00506. The molecular weight excluding hydrogens is 705 g/mol. The number of pyridine rings is 2. The van der Waals surface area contributed by atoms with Crippen LogP contribution < -0.4 is 11.1 Å². The standard InChI is InChI=1S/C37H42N2O5S3Si2/c1-48(2,3)43-14-9-7-8-10-22-18-26-30(45-22)20-28-34-32-24(36(40)38(26)28)11-12-25-33(32)35(47-34)29-21-31-27(39(29)37(25)41)19-23(46-31)13-15-42-16-17-44-49(4,5)6/h11-12,18-21H,7-10,13-17H2,1-6H3. The van der Waals surface area contributed by atoms with Gasteiger partial charge in [0.1, 0.15) is 0 Å². The summed E-state index contributed by atoms with van der Waals surface area (Å²) in [6.45, 7) is 16.0. The van der Waals surface area contributed by atoms with E-state index in [9.17, 15) is 9.59 Å². The van der Waals surface area contributed by atoms with Crippen LogP contribution in [0.2, 0.25) is 39.3 Å². The fourth-order valence-corrected chi connectivity index (χ4v) is 12.0. The highest BCUT2D eigenvalue weighted by atomic mass is 32.1. The number of nitrogens with zero attached hydrogens (tertiary/aromatic N) is 2. The van der Waals surface area contributed by atoms with Gasteiger partial charge in [-0.3, -0.25) is 18.4 Å². The Hall–Kier alpha value is -2.69. The van der Waals surface area contributed by atoms with E-state index in [0.717, 1.165) is 90.3 Å². The molecule has 0 aliphatic rings. The van der Waals surface area contributed by atoms with E-state index in [4.69, 9.17) is 13.6 Å². The average molecular weight is 747 g/mol. The van der Waals surface area contributed by atoms with Gasteiger partial charge in [-0.2, -0.15) is 0 Å². The Kier molecular flexibility index (Phi) is 8.55.